The van der Waals surface area contributed by atoms with E-state index in [1.807, 2.05) is 0 Å². The van der Waals surface area contributed by atoms with Crippen LogP contribution in [0, 0.1) is 82.9 Å². The molecule has 0 aliphatic carbocycles. The van der Waals surface area contributed by atoms with E-state index >= 15 is 0 Å². The summed E-state index contributed by atoms with van der Waals surface area (Å²) >= 11 is 0. The molecule has 1 atom stereocenters. The summed E-state index contributed by atoms with van der Waals surface area (Å²) < 4.78 is 24.8. The second kappa shape index (κ2) is 33.9. The standard InChI is InChI=1S/C28H27O8P.C2H5NO.2Na.13H2/c1-3-5-7-9-11-12-13-14-15-16-17-19-20-22-27(29)34-24-26(25-35-37(31,32)33)36-28(30)23-21-18-10-8-6-4-2;1-2(3)4;;;;;;;;;;;;;;;/h26H,4,6,8,10,18,21,23-25H2,1-2H3,(H2,31,32,33);1H3,(H2,3,4);;;13*1H/q;;2*+1;;;;;;;;;;;;;/p-2/t26-;;;;;;;;;;;;;;;;/m0................/s1. The van der Waals surface area contributed by atoms with Crippen molar-refractivity contribution in [1.29, 1.82) is 0 Å². The van der Waals surface area contributed by atoms with E-state index in [1.54, 1.807) is 6.92 Å². The summed E-state index contributed by atoms with van der Waals surface area (Å²) in [5.74, 6) is 31.6. The maximum Gasteiger partial charge on any atom is 1.00 e. The fourth-order valence-corrected chi connectivity index (χ4v) is 2.60. The summed E-state index contributed by atoms with van der Waals surface area (Å²) in [6.45, 7) is 3.72. The number of ether oxygens (including phenoxy) is 2. The third-order valence-electron chi connectivity index (χ3n) is 3.83. The molecule has 0 fully saturated rings. The molecule has 10 nitrogen and oxygen atoms in total. The van der Waals surface area contributed by atoms with Crippen molar-refractivity contribution in [3.63, 3.8) is 0 Å². The van der Waals surface area contributed by atoms with Gasteiger partial charge in [0.2, 0.25) is 5.91 Å². The van der Waals surface area contributed by atoms with Gasteiger partial charge in [-0.2, -0.15) is 0 Å². The van der Waals surface area contributed by atoms with Gasteiger partial charge in [-0.25, -0.2) is 4.79 Å². The number of esters is 2. The maximum atomic E-state index is 12.0. The molecule has 242 valence electrons. The van der Waals surface area contributed by atoms with Crippen LogP contribution in [0.1, 0.15) is 84.3 Å². The van der Waals surface area contributed by atoms with Gasteiger partial charge in [-0.05, 0) is 84.4 Å². The van der Waals surface area contributed by atoms with Crippen molar-refractivity contribution in [3.05, 3.63) is 0 Å². The molecule has 0 rings (SSSR count). The number of unbranched alkanes of at least 4 members (excludes halogenated alkanes) is 5. The Morgan fingerprint density at radius 2 is 1.23 bits per heavy atom. The number of nitrogens with two attached hydrogens (primary N) is 1. The minimum absolute atomic E-state index is 0. The molecule has 0 aliphatic heterocycles. The molecule has 2 N–H and O–H groups in total. The summed E-state index contributed by atoms with van der Waals surface area (Å²) in [5.41, 5.74) is 4.47. The number of phosphoric acid groups is 1. The Kier molecular flexibility index (Phi) is 37.4. The number of primary amides is 1. The van der Waals surface area contributed by atoms with Gasteiger partial charge >= 0.3 is 71.1 Å². The van der Waals surface area contributed by atoms with E-state index in [9.17, 15) is 28.7 Å². The van der Waals surface area contributed by atoms with Crippen LogP contribution in [0.15, 0.2) is 0 Å². The minimum Gasteiger partial charge on any atom is -0.790 e. The zero-order chi connectivity index (χ0) is 31.2. The molecular formula is C30H56NNa2O9P. The zero-order valence-corrected chi connectivity index (χ0v) is 30.0. The van der Waals surface area contributed by atoms with E-state index in [4.69, 9.17) is 9.47 Å². The van der Waals surface area contributed by atoms with Gasteiger partial charge in [0.05, 0.1) is 14.4 Å². The van der Waals surface area contributed by atoms with Crippen LogP contribution in [0.25, 0.3) is 0 Å². The summed E-state index contributed by atoms with van der Waals surface area (Å²) in [4.78, 5) is 54.4. The average molecular weight is 652 g/mol. The molecule has 0 saturated carbocycles. The fraction of sp³-hybridized carbons (Fsp3) is 0.433. The molecule has 0 spiro atoms. The van der Waals surface area contributed by atoms with Gasteiger partial charge in [0.1, 0.15) is 6.61 Å². The second-order valence-corrected chi connectivity index (χ2v) is 8.61. The van der Waals surface area contributed by atoms with E-state index in [2.05, 4.69) is 100 Å². The van der Waals surface area contributed by atoms with Crippen LogP contribution in [-0.2, 0) is 32.9 Å². The third-order valence-corrected chi connectivity index (χ3v) is 4.29. The van der Waals surface area contributed by atoms with Gasteiger partial charge in [-0.15, -0.1) is 0 Å². The number of rotatable bonds is 13. The summed E-state index contributed by atoms with van der Waals surface area (Å²) in [6.07, 6.45) is 4.53. The van der Waals surface area contributed by atoms with Crippen LogP contribution in [0.5, 0.6) is 0 Å². The molecule has 0 saturated heterocycles. The first kappa shape index (κ1) is 47.4. The van der Waals surface area contributed by atoms with Crippen molar-refractivity contribution in [2.75, 3.05) is 13.2 Å². The maximum absolute atomic E-state index is 12.0. The molecule has 43 heavy (non-hydrogen) atoms. The fourth-order valence-electron chi connectivity index (χ4n) is 2.25. The average Bonchev–Trinajstić information content (AvgIpc) is 2.89. The number of phosphoric ester groups is 1. The van der Waals surface area contributed by atoms with Gasteiger partial charge in [0, 0.05) is 37.8 Å². The van der Waals surface area contributed by atoms with Gasteiger partial charge in [0.25, 0.3) is 0 Å². The number of amides is 1. The predicted molar refractivity (Wildman–Crippen MR) is 175 cm³/mol. The Bertz CT molecular complexity index is 1400. The molecule has 0 heterocycles. The molecule has 0 unspecified atom stereocenters. The van der Waals surface area contributed by atoms with Crippen LogP contribution >= 0.6 is 7.82 Å². The Balaban J connectivity index is -0.0000000508. The predicted octanol–water partition coefficient (Wildman–Crippen LogP) is -2.22. The first-order chi connectivity index (χ1) is 19.5. The van der Waals surface area contributed by atoms with Gasteiger partial charge < -0.3 is 34.1 Å². The van der Waals surface area contributed by atoms with Crippen molar-refractivity contribution < 1.29 is 120 Å². The molecule has 0 bridgehead atoms. The number of carbonyl (C=O) groups is 3. The van der Waals surface area contributed by atoms with Crippen molar-refractivity contribution in [2.45, 2.75) is 71.8 Å². The van der Waals surface area contributed by atoms with E-state index in [0.717, 1.165) is 32.1 Å². The van der Waals surface area contributed by atoms with Crippen LogP contribution in [-0.4, -0.2) is 37.2 Å². The van der Waals surface area contributed by atoms with Crippen molar-refractivity contribution in [3.8, 4) is 82.9 Å². The van der Waals surface area contributed by atoms with Crippen molar-refractivity contribution in [1.82, 2.24) is 0 Å². The molecule has 13 heteroatoms. The van der Waals surface area contributed by atoms with Crippen LogP contribution < -0.4 is 74.6 Å². The van der Waals surface area contributed by atoms with Gasteiger partial charge in [-0.3, -0.25) is 9.59 Å². The smallest absolute Gasteiger partial charge is 0.790 e. The minimum atomic E-state index is -5.31. The van der Waals surface area contributed by atoms with E-state index < -0.39 is 39.1 Å². The van der Waals surface area contributed by atoms with E-state index in [0.29, 0.717) is 6.42 Å². The molecular weight excluding hydrogens is 595 g/mol. The van der Waals surface area contributed by atoms with Crippen LogP contribution in [0.4, 0.5) is 0 Å². The van der Waals surface area contributed by atoms with Crippen LogP contribution in [0.3, 0.4) is 0 Å². The quantitative estimate of drug-likeness (QED) is 0.0579. The number of hydrogen-bond donors (Lipinski definition) is 1. The zero-order valence-electron chi connectivity index (χ0n) is 25.1. The molecule has 1 amide bonds. The SMILES string of the molecule is CC#CC#CC#CC#CC#CC#CC#CC(=O)OC[C@@H](COP(=O)([O-])[O-])OC(=O)CCCCCCCC.CC(N)=O.[HH].[HH].[HH].[HH].[HH].[HH].[HH].[HH].[HH].[HH].[HH].[HH].[HH].[Na+].[Na+]. The number of carbonyl (C=O) groups excluding carboxylic acids is 3. The Morgan fingerprint density at radius 1 is 0.791 bits per heavy atom. The van der Waals surface area contributed by atoms with Gasteiger partial charge in [-0.1, -0.05) is 44.9 Å². The normalized spacial score (nSPS) is 8.67. The monoisotopic (exact) mass is 651 g/mol. The summed E-state index contributed by atoms with van der Waals surface area (Å²) in [5, 5.41) is 0. The summed E-state index contributed by atoms with van der Waals surface area (Å²) in [7, 11) is -5.31. The number of hydrogen-bond acceptors (Lipinski definition) is 9. The van der Waals surface area contributed by atoms with E-state index in [1.165, 1.54) is 6.92 Å². The Hall–Kier alpha value is -2.56. The third kappa shape index (κ3) is 44.0. The van der Waals surface area contributed by atoms with Crippen molar-refractivity contribution >= 4 is 25.7 Å². The molecule has 0 aromatic rings. The molecule has 0 aliphatic rings. The Labute approximate surface area is 318 Å². The summed E-state index contributed by atoms with van der Waals surface area (Å²) in [6, 6.07) is 0. The molecule has 0 aromatic carbocycles. The first-order valence-corrected chi connectivity index (χ1v) is 13.7. The van der Waals surface area contributed by atoms with E-state index in [-0.39, 0.29) is 90.0 Å². The first-order valence-electron chi connectivity index (χ1n) is 12.2. The molecule has 0 radical (unpaired) electrons. The largest absolute Gasteiger partial charge is 1.00 e. The topological polar surface area (TPSA) is 168 Å². The van der Waals surface area contributed by atoms with Crippen LogP contribution in [0.2, 0.25) is 0 Å². The Morgan fingerprint density at radius 3 is 1.70 bits per heavy atom. The second-order valence-electron chi connectivity index (χ2n) is 7.46. The molecule has 0 aromatic heterocycles. The van der Waals surface area contributed by atoms with Gasteiger partial charge in [0.15, 0.2) is 6.10 Å². The van der Waals surface area contributed by atoms with Crippen molar-refractivity contribution in [2.24, 2.45) is 5.73 Å².